The number of hydrogen-bond acceptors (Lipinski definition) is 17. The molecular weight excluding hydrogens is 1200 g/mol. The van der Waals surface area contributed by atoms with E-state index in [9.17, 15) is 40.2 Å². The van der Waals surface area contributed by atoms with Crippen molar-refractivity contribution in [3.8, 4) is 45.6 Å². The van der Waals surface area contributed by atoms with Crippen molar-refractivity contribution < 1.29 is 63.9 Å². The Morgan fingerprint density at radius 2 is 1.61 bits per heavy atom. The third-order valence-corrected chi connectivity index (χ3v) is 25.2. The van der Waals surface area contributed by atoms with Crippen LogP contribution in [0.15, 0.2) is 66.3 Å². The van der Waals surface area contributed by atoms with Gasteiger partial charge in [0.25, 0.3) is 11.8 Å². The summed E-state index contributed by atoms with van der Waals surface area (Å²) in [5.74, 6) is 1.19. The van der Waals surface area contributed by atoms with E-state index in [-0.39, 0.29) is 78.6 Å². The molecule has 15 unspecified atom stereocenters. The first-order chi connectivity index (χ1) is 45.9. The third kappa shape index (κ3) is 11.1. The van der Waals surface area contributed by atoms with Gasteiger partial charge in [-0.15, -0.1) is 0 Å². The smallest absolute Gasteiger partial charge is 0.258 e. The highest BCUT2D eigenvalue weighted by molar-refractivity contribution is 6.17. The minimum absolute atomic E-state index is 0.00893. The third-order valence-electron chi connectivity index (χ3n) is 25.2. The van der Waals surface area contributed by atoms with E-state index in [1.54, 1.807) is 31.0 Å². The maximum absolute atomic E-state index is 14.5. The molecule has 0 spiro atoms. The van der Waals surface area contributed by atoms with E-state index in [4.69, 9.17) is 23.7 Å². The molecule has 18 heteroatoms. The fraction of sp³-hybridized carbons (Fsp3) is 0.610. The zero-order valence-corrected chi connectivity index (χ0v) is 56.4. The van der Waals surface area contributed by atoms with Crippen LogP contribution in [0.3, 0.4) is 0 Å². The van der Waals surface area contributed by atoms with Crippen LogP contribution in [0.4, 0.5) is 5.69 Å². The number of nitrogens with zero attached hydrogens (tertiary/aromatic N) is 1. The van der Waals surface area contributed by atoms with E-state index in [0.29, 0.717) is 115 Å². The fourth-order valence-electron chi connectivity index (χ4n) is 20.6. The van der Waals surface area contributed by atoms with Gasteiger partial charge in [-0.25, -0.2) is 0 Å². The highest BCUT2D eigenvalue weighted by Gasteiger charge is 2.61. The van der Waals surface area contributed by atoms with Gasteiger partial charge in [-0.3, -0.25) is 19.8 Å². The van der Waals surface area contributed by atoms with Gasteiger partial charge in [-0.1, -0.05) is 69.0 Å². The molecule has 14 rings (SSSR count). The van der Waals surface area contributed by atoms with Gasteiger partial charge in [-0.05, 0) is 182 Å². The molecule has 0 bridgehead atoms. The number of ether oxygens (including phenoxy) is 5. The first kappa shape index (κ1) is 66.0. The quantitative estimate of drug-likeness (QED) is 0.0292. The Kier molecular flexibility index (Phi) is 18.2. The van der Waals surface area contributed by atoms with Gasteiger partial charge < -0.3 is 70.3 Å². The van der Waals surface area contributed by atoms with Crippen molar-refractivity contribution in [2.24, 2.45) is 41.4 Å². The molecule has 4 aromatic rings. The Morgan fingerprint density at radius 3 is 2.38 bits per heavy atom. The number of likely N-dealkylation sites (N-methyl/N-ethyl adjacent to an activating group) is 2. The average Bonchev–Trinajstić information content (AvgIpc) is 0.966. The summed E-state index contributed by atoms with van der Waals surface area (Å²) in [6.07, 6.45) is 18.6. The van der Waals surface area contributed by atoms with E-state index in [2.05, 4.69) is 59.4 Å². The van der Waals surface area contributed by atoms with Crippen LogP contribution < -0.4 is 45.0 Å². The number of anilines is 1. The van der Waals surface area contributed by atoms with Crippen molar-refractivity contribution in [1.82, 2.24) is 20.9 Å². The molecule has 10 aliphatic rings. The van der Waals surface area contributed by atoms with E-state index >= 15 is 0 Å². The predicted molar refractivity (Wildman–Crippen MR) is 363 cm³/mol. The van der Waals surface area contributed by atoms with Crippen LogP contribution in [0.2, 0.25) is 0 Å². The number of aliphatic hydroxyl groups excluding tert-OH is 4. The van der Waals surface area contributed by atoms with Crippen LogP contribution >= 0.6 is 0 Å². The van der Waals surface area contributed by atoms with Crippen molar-refractivity contribution in [2.75, 3.05) is 66.0 Å². The van der Waals surface area contributed by atoms with Gasteiger partial charge in [0.2, 0.25) is 5.75 Å². The first-order valence-corrected chi connectivity index (χ1v) is 35.9. The number of fused-ring (bicyclic) bond motifs is 6. The lowest BCUT2D eigenvalue weighted by molar-refractivity contribution is -0.153. The van der Waals surface area contributed by atoms with Crippen molar-refractivity contribution in [3.63, 3.8) is 0 Å². The Bertz CT molecular complexity index is 3640. The Balaban J connectivity index is 0.784. The van der Waals surface area contributed by atoms with Gasteiger partial charge in [0, 0.05) is 100 Å². The highest BCUT2D eigenvalue weighted by atomic mass is 16.5. The van der Waals surface area contributed by atoms with Gasteiger partial charge in [0.1, 0.15) is 23.9 Å². The van der Waals surface area contributed by atoms with Crippen LogP contribution in [-0.2, 0) is 27.8 Å². The second kappa shape index (κ2) is 26.2. The topological polar surface area (TPSA) is 253 Å². The summed E-state index contributed by atoms with van der Waals surface area (Å²) in [7, 11) is 5.18. The number of allylic oxidation sites excluding steroid dienone is 1. The molecule has 95 heavy (non-hydrogen) atoms. The van der Waals surface area contributed by atoms with Crippen LogP contribution in [0.25, 0.3) is 17.2 Å². The Morgan fingerprint density at radius 1 is 0.821 bits per heavy atom. The molecule has 0 radical (unpaired) electrons. The average molecular weight is 1300 g/mol. The summed E-state index contributed by atoms with van der Waals surface area (Å²) < 4.78 is 34.0. The molecule has 1 saturated heterocycles. The standard InChI is InChI=1S/C77H101N5O13/c1-43-38-75(90,45(3)84)29-24-47(43)32-48-15-12-28-77(56(48)22-18-44(2)81-77)95-62-37-60(92-31-30-78-4)52-20-21-53-66-59(80-72(88)69(62)68(52)66)36-61-67(53)70(86)54(42-94-61)49-33-63(91-6)71(87)64(34-49)93-41-51(40-83)76-27-13-17-57(58(76)23-19-46-14-8-9-16-55(46)76)74(25-10-7-11-26-74)82-65(85)35-50(39-79-5)73(82)89/h8-9,14,16,19,23,33-37,43-45,47-48,51,54,56-58,70,72,78-81,83-84,86-88,90H,7,10-13,15,17-18,20-22,24-32,38-42H2,1-6H3. The number of methoxy groups -OCH3 is 1. The number of imide groups is 1. The molecule has 6 aliphatic carbocycles. The van der Waals surface area contributed by atoms with E-state index in [0.717, 1.165) is 117 Å². The number of nitrogens with one attached hydrogen (secondary N) is 4. The van der Waals surface area contributed by atoms with Gasteiger partial charge >= 0.3 is 0 Å². The Hall–Kier alpha value is -6.22. The number of rotatable bonds is 20. The molecule has 0 aromatic heterocycles. The number of carbonyl (C=O) groups excluding carboxylic acids is 2. The number of hydrogen-bond donors (Lipinski definition) is 10. The van der Waals surface area contributed by atoms with E-state index in [1.807, 2.05) is 31.3 Å². The summed E-state index contributed by atoms with van der Waals surface area (Å²) in [4.78, 5) is 30.3. The van der Waals surface area contributed by atoms with Crippen LogP contribution in [-0.4, -0.2) is 137 Å². The van der Waals surface area contributed by atoms with Crippen LogP contribution in [0, 0.1) is 41.4 Å². The number of amides is 2. The lowest BCUT2D eigenvalue weighted by Gasteiger charge is -2.60. The number of aromatic hydroxyl groups is 1. The zero-order chi connectivity index (χ0) is 66.3. The number of carbonyl (C=O) groups is 2. The van der Waals surface area contributed by atoms with Crippen molar-refractivity contribution in [2.45, 2.75) is 195 Å². The van der Waals surface area contributed by atoms with Crippen LogP contribution in [0.5, 0.6) is 34.5 Å². The van der Waals surface area contributed by atoms with Gasteiger partial charge in [0.05, 0.1) is 55.8 Å². The second-order valence-corrected chi connectivity index (χ2v) is 30.2. The number of benzene rings is 4. The van der Waals surface area contributed by atoms with Crippen molar-refractivity contribution in [1.29, 1.82) is 0 Å². The lowest BCUT2D eigenvalue weighted by atomic mass is 9.47. The molecule has 4 saturated carbocycles. The van der Waals surface area contributed by atoms with Crippen molar-refractivity contribution in [3.05, 3.63) is 105 Å². The fourth-order valence-corrected chi connectivity index (χ4v) is 20.6. The highest BCUT2D eigenvalue weighted by Crippen LogP contribution is 2.63. The molecule has 18 nitrogen and oxygen atoms in total. The summed E-state index contributed by atoms with van der Waals surface area (Å²) in [5.41, 5.74) is 5.64. The predicted octanol–water partition coefficient (Wildman–Crippen LogP) is 10.2. The largest absolute Gasteiger partial charge is 0.502 e. The number of aliphatic hydroxyl groups is 5. The summed E-state index contributed by atoms with van der Waals surface area (Å²) >= 11 is 0. The normalized spacial score (nSPS) is 32.5. The summed E-state index contributed by atoms with van der Waals surface area (Å²) in [5, 5.41) is 85.5. The minimum Gasteiger partial charge on any atom is -0.502 e. The zero-order valence-electron chi connectivity index (χ0n) is 56.4. The maximum atomic E-state index is 14.5. The number of phenolic OH excluding ortho intramolecular Hbond substituents is 1. The minimum atomic E-state index is -1.15. The summed E-state index contributed by atoms with van der Waals surface area (Å²) in [6, 6.07) is 16.0. The second-order valence-electron chi connectivity index (χ2n) is 30.2. The molecule has 5 fully saturated rings. The number of piperidine rings is 1. The van der Waals surface area contributed by atoms with Crippen LogP contribution in [0.1, 0.15) is 187 Å². The first-order valence-electron chi connectivity index (χ1n) is 35.9. The Labute approximate surface area is 559 Å². The lowest BCUT2D eigenvalue weighted by Crippen LogP contribution is -2.65. The molecule has 10 N–H and O–H groups in total. The summed E-state index contributed by atoms with van der Waals surface area (Å²) in [6.45, 7) is 7.36. The molecule has 4 aromatic carbocycles. The van der Waals surface area contributed by atoms with Gasteiger partial charge in [-0.2, -0.15) is 0 Å². The molecule has 4 aliphatic heterocycles. The molecule has 15 atom stereocenters. The number of phenols is 1. The maximum Gasteiger partial charge on any atom is 0.258 e. The van der Waals surface area contributed by atoms with E-state index in [1.165, 1.54) is 13.2 Å². The molecule has 512 valence electrons. The van der Waals surface area contributed by atoms with E-state index < -0.39 is 52.6 Å². The molecule has 2 amide bonds. The SMILES string of the molecule is CNCCOc1cc(OC23CCCC(CC4CCC(O)(C(C)O)CC4C)C2CCC(C)N3)c2c3c1CCc1c-3c(cc3c1C(O)C(c1cc(OC)c(O)c(OCC(CO)C45CCCC(C6(N7C(=O)C=C(CNC)C7=O)CCCCC6)C4C=Cc4ccccc45)c1)CO3)NC2O. The monoisotopic (exact) mass is 1300 g/mol. The van der Waals surface area contributed by atoms with Crippen molar-refractivity contribution >= 4 is 23.6 Å². The van der Waals surface area contributed by atoms with Gasteiger partial charge in [0.15, 0.2) is 23.5 Å². The molecular formula is C77H101N5O13. The molecule has 4 heterocycles.